The van der Waals surface area contributed by atoms with E-state index >= 15 is 0 Å². The van der Waals surface area contributed by atoms with Crippen LogP contribution in [0.3, 0.4) is 0 Å². The Kier molecular flexibility index (Phi) is 25.3. The first-order valence-corrected chi connectivity index (χ1v) is 2.60. The fraction of sp³-hybridized carbons (Fsp3) is 0. The first-order valence-electron chi connectivity index (χ1n) is 0.500. The van der Waals surface area contributed by atoms with Crippen molar-refractivity contribution in [1.29, 1.82) is 0 Å². The molecule has 4 nitrogen and oxygen atoms in total. The van der Waals surface area contributed by atoms with E-state index in [1.807, 2.05) is 0 Å². The van der Waals surface area contributed by atoms with Gasteiger partial charge in [-0.25, -0.2) is 0 Å². The van der Waals surface area contributed by atoms with Gasteiger partial charge in [-0.3, -0.25) is 0 Å². The summed E-state index contributed by atoms with van der Waals surface area (Å²) in [6.45, 7) is 0. The van der Waals surface area contributed by atoms with Crippen molar-refractivity contribution < 1.29 is 17.7 Å². The van der Waals surface area contributed by atoms with E-state index < -0.39 is 14.5 Å². The Hall–Kier alpha value is 1.46. The molecule has 0 fully saturated rings. The van der Waals surface area contributed by atoms with Crippen molar-refractivity contribution in [2.24, 2.45) is 0 Å². The van der Waals surface area contributed by atoms with Gasteiger partial charge in [0.05, 0.1) is 0 Å². The van der Waals surface area contributed by atoms with E-state index in [0.717, 1.165) is 0 Å². The molecule has 0 atom stereocenters. The van der Waals surface area contributed by atoms with Crippen LogP contribution in [-0.2, 0) is 3.83 Å². The van der Waals surface area contributed by atoms with Crippen LogP contribution in [0.1, 0.15) is 0 Å². The van der Waals surface area contributed by atoms with Crippen LogP contribution >= 0.6 is 0 Å². The normalized spacial score (nSPS) is 5.83. The van der Waals surface area contributed by atoms with Gasteiger partial charge in [0.2, 0.25) is 0 Å². The maximum atomic E-state index is 8.54. The molecule has 0 aromatic heterocycles. The van der Waals surface area contributed by atoms with Crippen LogP contribution in [0, 0.1) is 0 Å². The third kappa shape index (κ3) is 51.0. The average molecular weight is 185 g/mol. The molecule has 6 heteroatoms. The maximum absolute atomic E-state index is 8.54. The minimum Gasteiger partial charge on any atom is 2.00 e. The summed E-state index contributed by atoms with van der Waals surface area (Å²) in [5.41, 5.74) is 0. The Morgan fingerprint density at radius 2 is 1.33 bits per heavy atom. The van der Waals surface area contributed by atoms with Gasteiger partial charge in [0, 0.05) is 0 Å². The molecule has 0 spiro atoms. The van der Waals surface area contributed by atoms with Gasteiger partial charge in [0.1, 0.15) is 0 Å². The van der Waals surface area contributed by atoms with Gasteiger partial charge in [-0.1, -0.05) is 0 Å². The van der Waals surface area contributed by atoms with Crippen molar-refractivity contribution in [3.63, 3.8) is 0 Å². The van der Waals surface area contributed by atoms with Crippen molar-refractivity contribution in [3.8, 4) is 0 Å². The average Bonchev–Trinajstić information content (AvgIpc) is 0.811. The quantitative estimate of drug-likeness (QED) is 0.359. The number of rotatable bonds is 0. The molecule has 0 unspecified atom stereocenters. The Labute approximate surface area is 69.2 Å². The molecule has 0 amide bonds. The first-order chi connectivity index (χ1) is 1.73. The predicted octanol–water partition coefficient (Wildman–Crippen LogP) is -4.08. The molecule has 0 aromatic rings. The Balaban J connectivity index is -0.0000000450. The summed E-state index contributed by atoms with van der Waals surface area (Å²) in [5.74, 6) is 0. The topological polar surface area (TPSA) is 94.7 Å². The summed E-state index contributed by atoms with van der Waals surface area (Å²) < 4.78 is 25.6. The standard InChI is InChI=1S/Ca.H2O3Se.H2O/c;1-4(2)3;/h;(H2,1,2,3);1H2/q+2;;/p-2. The molecule has 0 aromatic carbocycles. The Bertz CT molecular complexity index is 30.5. The van der Waals surface area contributed by atoms with E-state index in [4.69, 9.17) is 12.2 Å². The molecule has 0 aliphatic rings. The molecule has 34 valence electrons. The third-order valence-corrected chi connectivity index (χ3v) is 0. The van der Waals surface area contributed by atoms with E-state index in [0.29, 0.717) is 0 Å². The molecule has 0 radical (unpaired) electrons. The van der Waals surface area contributed by atoms with Gasteiger partial charge in [-0.05, 0) is 0 Å². The number of hydrogen-bond acceptors (Lipinski definition) is 3. The summed E-state index contributed by atoms with van der Waals surface area (Å²) in [4.78, 5) is 0. The van der Waals surface area contributed by atoms with Crippen molar-refractivity contribution in [1.82, 2.24) is 0 Å². The fourth-order valence-corrected chi connectivity index (χ4v) is 0. The fourth-order valence-electron chi connectivity index (χ4n) is 0. The van der Waals surface area contributed by atoms with Crippen LogP contribution in [0.2, 0.25) is 0 Å². The van der Waals surface area contributed by atoms with E-state index in [1.165, 1.54) is 0 Å². The first kappa shape index (κ1) is 15.7. The van der Waals surface area contributed by atoms with Crippen molar-refractivity contribution in [2.75, 3.05) is 0 Å². The molecular formula is H2CaO4Se. The third-order valence-electron chi connectivity index (χ3n) is 0. The van der Waals surface area contributed by atoms with Gasteiger partial charge in [-0.15, -0.1) is 0 Å². The molecule has 0 aliphatic carbocycles. The van der Waals surface area contributed by atoms with Gasteiger partial charge in [-0.2, -0.15) is 0 Å². The predicted molar refractivity (Wildman–Crippen MR) is 15.8 cm³/mol. The molecule has 2 N–H and O–H groups in total. The van der Waals surface area contributed by atoms with Crippen LogP contribution in [-0.4, -0.2) is 57.7 Å². The maximum Gasteiger partial charge on any atom is 2.00 e. The molecule has 0 aliphatic heterocycles. The van der Waals surface area contributed by atoms with Crippen LogP contribution in [0.15, 0.2) is 0 Å². The number of hydrogen-bond donors (Lipinski definition) is 0. The van der Waals surface area contributed by atoms with Crippen LogP contribution < -0.4 is 8.38 Å². The van der Waals surface area contributed by atoms with E-state index in [2.05, 4.69) is 0 Å². The minimum absolute atomic E-state index is 0. The van der Waals surface area contributed by atoms with Gasteiger partial charge >= 0.3 is 64.4 Å². The SMILES string of the molecule is O.O=[Se]([O-])[O-].[Ca+2]. The van der Waals surface area contributed by atoms with Crippen molar-refractivity contribution in [2.45, 2.75) is 0 Å². The Morgan fingerprint density at radius 3 is 1.33 bits per heavy atom. The van der Waals surface area contributed by atoms with Gasteiger partial charge in [0.25, 0.3) is 0 Å². The molecule has 0 bridgehead atoms. The summed E-state index contributed by atoms with van der Waals surface area (Å²) in [5, 5.41) is 0. The molecule has 0 saturated heterocycles. The second kappa shape index (κ2) is 9.68. The van der Waals surface area contributed by atoms with Crippen LogP contribution in [0.5, 0.6) is 0 Å². The zero-order chi connectivity index (χ0) is 3.58. The summed E-state index contributed by atoms with van der Waals surface area (Å²) in [7, 11) is 0. The molecule has 0 saturated carbocycles. The van der Waals surface area contributed by atoms with Gasteiger partial charge in [0.15, 0.2) is 0 Å². The van der Waals surface area contributed by atoms with Gasteiger partial charge < -0.3 is 5.48 Å². The summed E-state index contributed by atoms with van der Waals surface area (Å²) in [6.07, 6.45) is 0. The summed E-state index contributed by atoms with van der Waals surface area (Å²) >= 11 is -3.79. The zero-order valence-electron chi connectivity index (χ0n) is 2.84. The second-order valence-electron chi connectivity index (χ2n) is 0.204. The monoisotopic (exact) mass is 186 g/mol. The van der Waals surface area contributed by atoms with Crippen LogP contribution in [0.4, 0.5) is 0 Å². The van der Waals surface area contributed by atoms with Crippen molar-refractivity contribution >= 4 is 52.2 Å². The van der Waals surface area contributed by atoms with Crippen LogP contribution in [0.25, 0.3) is 0 Å². The van der Waals surface area contributed by atoms with E-state index in [1.54, 1.807) is 0 Å². The molecule has 0 heterocycles. The summed E-state index contributed by atoms with van der Waals surface area (Å²) in [6, 6.07) is 0. The second-order valence-corrected chi connectivity index (χ2v) is 1.06. The van der Waals surface area contributed by atoms with E-state index in [-0.39, 0.29) is 43.2 Å². The van der Waals surface area contributed by atoms with Crippen molar-refractivity contribution in [3.05, 3.63) is 0 Å². The zero-order valence-corrected chi connectivity index (χ0v) is 6.76. The van der Waals surface area contributed by atoms with E-state index in [9.17, 15) is 0 Å². The minimum atomic E-state index is -3.79. The smallest absolute Gasteiger partial charge is 2.00 e. The molecule has 0 rings (SSSR count). The molecule has 6 heavy (non-hydrogen) atoms. The largest absolute Gasteiger partial charge is 2.00 e. The Morgan fingerprint density at radius 1 is 1.33 bits per heavy atom. The molecular weight excluding hydrogens is 183 g/mol.